The van der Waals surface area contributed by atoms with E-state index >= 15 is 4.39 Å². The summed E-state index contributed by atoms with van der Waals surface area (Å²) in [5, 5.41) is 15.1. The van der Waals surface area contributed by atoms with Gasteiger partial charge in [0.2, 0.25) is 5.82 Å². The molecule has 2 aromatic carbocycles. The first kappa shape index (κ1) is 26.3. The number of nitrogens with two attached hydrogens (primary N) is 1. The van der Waals surface area contributed by atoms with Crippen molar-refractivity contribution in [2.75, 3.05) is 25.6 Å². The smallest absolute Gasteiger partial charge is 0.349 e. The van der Waals surface area contributed by atoms with E-state index in [0.717, 1.165) is 10.2 Å². The molecule has 0 amide bonds. The van der Waals surface area contributed by atoms with Crippen LogP contribution >= 0.6 is 0 Å². The van der Waals surface area contributed by atoms with Crippen molar-refractivity contribution >= 4 is 11.5 Å². The molecular weight excluding hydrogens is 495 g/mol. The van der Waals surface area contributed by atoms with Gasteiger partial charge in [0.1, 0.15) is 18.5 Å². The number of amidine groups is 1. The molecule has 0 saturated heterocycles. The summed E-state index contributed by atoms with van der Waals surface area (Å²) in [6.07, 6.45) is 3.23. The molecular formula is C25H27FN8O4. The monoisotopic (exact) mass is 522 g/mol. The summed E-state index contributed by atoms with van der Waals surface area (Å²) in [6, 6.07) is 8.86. The molecule has 0 radical (unpaired) electrons. The number of rotatable bonds is 11. The van der Waals surface area contributed by atoms with E-state index in [9.17, 15) is 9.59 Å². The first-order chi connectivity index (χ1) is 18.3. The molecule has 0 aliphatic rings. The largest absolute Gasteiger partial charge is 0.488 e. The van der Waals surface area contributed by atoms with Crippen molar-refractivity contribution in [1.29, 1.82) is 5.41 Å². The number of H-pyrrole nitrogens is 2. The van der Waals surface area contributed by atoms with Crippen molar-refractivity contribution in [2.24, 2.45) is 5.73 Å². The van der Waals surface area contributed by atoms with Gasteiger partial charge in [0, 0.05) is 36.3 Å². The third kappa shape index (κ3) is 5.62. The van der Waals surface area contributed by atoms with Crippen molar-refractivity contribution < 1.29 is 13.9 Å². The zero-order chi connectivity index (χ0) is 27.2. The lowest BCUT2D eigenvalue weighted by Crippen LogP contribution is -2.25. The first-order valence-corrected chi connectivity index (χ1v) is 11.7. The number of anilines is 1. The Morgan fingerprint density at radius 3 is 2.66 bits per heavy atom. The Balaban J connectivity index is 1.84. The number of hydrogen-bond acceptors (Lipinski definition) is 8. The van der Waals surface area contributed by atoms with E-state index in [0.29, 0.717) is 17.7 Å². The van der Waals surface area contributed by atoms with E-state index in [4.69, 9.17) is 20.6 Å². The third-order valence-electron chi connectivity index (χ3n) is 5.70. The molecule has 2 heterocycles. The van der Waals surface area contributed by atoms with E-state index in [2.05, 4.69) is 25.4 Å². The number of hydrogen-bond donors (Lipinski definition) is 5. The van der Waals surface area contributed by atoms with Gasteiger partial charge in [-0.3, -0.25) is 15.2 Å². The number of nitrogen functional groups attached to an aromatic ring is 1. The van der Waals surface area contributed by atoms with Crippen molar-refractivity contribution in [3.63, 3.8) is 0 Å². The van der Waals surface area contributed by atoms with Gasteiger partial charge in [0.05, 0.1) is 6.61 Å². The van der Waals surface area contributed by atoms with Gasteiger partial charge in [0.25, 0.3) is 5.56 Å². The van der Waals surface area contributed by atoms with Gasteiger partial charge in [0.15, 0.2) is 17.4 Å². The Bertz CT molecular complexity index is 1540. The van der Waals surface area contributed by atoms with Gasteiger partial charge in [-0.15, -0.1) is 5.10 Å². The minimum atomic E-state index is -1.01. The molecule has 1 unspecified atom stereocenters. The van der Waals surface area contributed by atoms with Crippen LogP contribution in [0.4, 0.5) is 10.1 Å². The lowest BCUT2D eigenvalue weighted by molar-refractivity contribution is 0.143. The number of ether oxygens (including phenoxy) is 2. The number of aryl methyl sites for hydroxylation is 1. The summed E-state index contributed by atoms with van der Waals surface area (Å²) in [7, 11) is 1.52. The van der Waals surface area contributed by atoms with Crippen LogP contribution in [0.3, 0.4) is 0 Å². The molecule has 4 rings (SSSR count). The molecule has 0 bridgehead atoms. The van der Waals surface area contributed by atoms with Crippen LogP contribution in [-0.2, 0) is 11.2 Å². The number of aromatic nitrogens is 5. The predicted molar refractivity (Wildman–Crippen MR) is 139 cm³/mol. The minimum absolute atomic E-state index is 0.0260. The molecule has 38 heavy (non-hydrogen) atoms. The van der Waals surface area contributed by atoms with E-state index in [1.807, 2.05) is 6.92 Å². The Hall–Kier alpha value is -4.78. The number of nitrogens with zero attached hydrogens (tertiary/aromatic N) is 3. The fraction of sp³-hybridized carbons (Fsp3) is 0.240. The number of methoxy groups -OCH3 is 1. The zero-order valence-corrected chi connectivity index (χ0v) is 20.7. The quantitative estimate of drug-likeness (QED) is 0.113. The average molecular weight is 523 g/mol. The summed E-state index contributed by atoms with van der Waals surface area (Å²) in [4.78, 5) is 34.1. The lowest BCUT2D eigenvalue weighted by Gasteiger charge is -2.21. The SMILES string of the molecule is CCc1cc(OCCOC)c(F)c(C(Nc2ccc(C(=N)N)cc2)c2nn(-c3ncc[nH]c3=O)c(=O)[nH]2)c1. The van der Waals surface area contributed by atoms with Crippen LogP contribution in [-0.4, -0.2) is 50.9 Å². The Labute approximate surface area is 216 Å². The van der Waals surface area contributed by atoms with Crippen LogP contribution in [0, 0.1) is 11.2 Å². The highest BCUT2D eigenvalue weighted by molar-refractivity contribution is 5.95. The number of aromatic amines is 2. The van der Waals surface area contributed by atoms with Crippen LogP contribution in [0.25, 0.3) is 5.82 Å². The maximum atomic E-state index is 15.9. The Kier molecular flexibility index (Phi) is 7.97. The van der Waals surface area contributed by atoms with Gasteiger partial charge in [-0.2, -0.15) is 4.68 Å². The fourth-order valence-corrected chi connectivity index (χ4v) is 3.75. The second-order valence-electron chi connectivity index (χ2n) is 8.23. The van der Waals surface area contributed by atoms with Gasteiger partial charge in [-0.25, -0.2) is 14.2 Å². The maximum Gasteiger partial charge on any atom is 0.349 e. The standard InChI is InChI=1S/C25H27FN8O4/c1-3-14-12-17(19(26)18(13-14)38-11-10-37-2)20(31-16-6-4-15(5-7-16)21(27)28)22-32-25(36)34(33-22)23-24(35)30-9-8-29-23/h4-9,12-13,20,31H,3,10-11H2,1-2H3,(H3,27,28)(H,30,35)(H,32,33,36). The van der Waals surface area contributed by atoms with E-state index in [-0.39, 0.29) is 42.0 Å². The molecule has 0 aliphatic carbocycles. The summed E-state index contributed by atoms with van der Waals surface area (Å²) < 4.78 is 27.3. The molecule has 0 spiro atoms. The second kappa shape index (κ2) is 11.5. The minimum Gasteiger partial charge on any atom is -0.488 e. The highest BCUT2D eigenvalue weighted by atomic mass is 19.1. The molecule has 13 heteroatoms. The number of halogens is 1. The van der Waals surface area contributed by atoms with E-state index < -0.39 is 23.1 Å². The third-order valence-corrected chi connectivity index (χ3v) is 5.70. The predicted octanol–water partition coefficient (Wildman–Crippen LogP) is 1.86. The summed E-state index contributed by atoms with van der Waals surface area (Å²) >= 11 is 0. The van der Waals surface area contributed by atoms with Gasteiger partial charge in [-0.05, 0) is 42.3 Å². The highest BCUT2D eigenvalue weighted by Gasteiger charge is 2.26. The van der Waals surface area contributed by atoms with Crippen molar-refractivity contribution in [3.8, 4) is 11.6 Å². The summed E-state index contributed by atoms with van der Waals surface area (Å²) in [6.45, 7) is 2.33. The molecule has 0 saturated carbocycles. The Morgan fingerprint density at radius 2 is 2.00 bits per heavy atom. The topological polar surface area (TPSA) is 177 Å². The van der Waals surface area contributed by atoms with Crippen molar-refractivity contribution in [3.05, 3.63) is 98.0 Å². The van der Waals surface area contributed by atoms with E-state index in [1.54, 1.807) is 36.4 Å². The molecule has 198 valence electrons. The van der Waals surface area contributed by atoms with Crippen LogP contribution in [0.15, 0.2) is 58.4 Å². The molecule has 0 aliphatic heterocycles. The molecule has 1 atom stereocenters. The van der Waals surface area contributed by atoms with Crippen LogP contribution < -0.4 is 27.0 Å². The van der Waals surface area contributed by atoms with Gasteiger partial charge >= 0.3 is 5.69 Å². The summed E-state index contributed by atoms with van der Waals surface area (Å²) in [5.74, 6) is -0.932. The molecule has 0 fully saturated rings. The highest BCUT2D eigenvalue weighted by Crippen LogP contribution is 2.32. The summed E-state index contributed by atoms with van der Waals surface area (Å²) in [5.41, 5.74) is 6.19. The second-order valence-corrected chi connectivity index (χ2v) is 8.23. The zero-order valence-electron chi connectivity index (χ0n) is 20.7. The van der Waals surface area contributed by atoms with E-state index in [1.165, 1.54) is 19.5 Å². The average Bonchev–Trinajstić information content (AvgIpc) is 3.30. The van der Waals surface area contributed by atoms with Crippen LogP contribution in [0.2, 0.25) is 0 Å². The number of benzene rings is 2. The fourth-order valence-electron chi connectivity index (χ4n) is 3.75. The van der Waals surface area contributed by atoms with Crippen molar-refractivity contribution in [1.82, 2.24) is 24.7 Å². The molecule has 2 aromatic heterocycles. The maximum absolute atomic E-state index is 15.9. The van der Waals surface area contributed by atoms with Gasteiger partial charge in [-0.1, -0.05) is 13.0 Å². The molecule has 6 N–H and O–H groups in total. The Morgan fingerprint density at radius 1 is 1.24 bits per heavy atom. The number of nitrogens with one attached hydrogen (secondary N) is 4. The normalized spacial score (nSPS) is 11.8. The van der Waals surface area contributed by atoms with Crippen molar-refractivity contribution in [2.45, 2.75) is 19.4 Å². The lowest BCUT2D eigenvalue weighted by atomic mass is 10.00. The van der Waals surface area contributed by atoms with Crippen LogP contribution in [0.5, 0.6) is 5.75 Å². The first-order valence-electron chi connectivity index (χ1n) is 11.7. The molecule has 12 nitrogen and oxygen atoms in total. The van der Waals surface area contributed by atoms with Crippen LogP contribution in [0.1, 0.15) is 35.5 Å². The van der Waals surface area contributed by atoms with Gasteiger partial charge < -0.3 is 25.5 Å². The molecule has 4 aromatic rings.